The van der Waals surface area contributed by atoms with Gasteiger partial charge in [-0.3, -0.25) is 9.80 Å². The fourth-order valence-corrected chi connectivity index (χ4v) is 3.13. The van der Waals surface area contributed by atoms with Crippen LogP contribution in [0.25, 0.3) is 0 Å². The summed E-state index contributed by atoms with van der Waals surface area (Å²) in [7, 11) is 0. The number of hydrogen-bond acceptors (Lipinski definition) is 7. The van der Waals surface area contributed by atoms with E-state index in [1.165, 1.54) is 5.56 Å². The first-order valence-corrected chi connectivity index (χ1v) is 8.98. The highest BCUT2D eigenvalue weighted by Gasteiger charge is 2.28. The molecule has 0 amide bonds. The van der Waals surface area contributed by atoms with Crippen LogP contribution in [0.2, 0.25) is 0 Å². The van der Waals surface area contributed by atoms with Crippen molar-refractivity contribution in [1.82, 2.24) is 25.1 Å². The second kappa shape index (κ2) is 6.88. The smallest absolute Gasteiger partial charge is 0.243 e. The van der Waals surface area contributed by atoms with Gasteiger partial charge < -0.3 is 9.05 Å². The average Bonchev–Trinajstić information content (AvgIpc) is 3.17. The van der Waals surface area contributed by atoms with Gasteiger partial charge in [-0.05, 0) is 20.8 Å². The zero-order valence-electron chi connectivity index (χ0n) is 16.2. The minimum Gasteiger partial charge on any atom is -0.361 e. The van der Waals surface area contributed by atoms with E-state index in [4.69, 9.17) is 9.05 Å². The second-order valence-corrected chi connectivity index (χ2v) is 8.00. The summed E-state index contributed by atoms with van der Waals surface area (Å²) in [6.07, 6.45) is 0. The summed E-state index contributed by atoms with van der Waals surface area (Å²) in [5.41, 5.74) is 2.12. The van der Waals surface area contributed by atoms with Gasteiger partial charge in [-0.1, -0.05) is 31.1 Å². The van der Waals surface area contributed by atoms with Crippen molar-refractivity contribution < 1.29 is 9.05 Å². The van der Waals surface area contributed by atoms with Gasteiger partial charge in [0.05, 0.1) is 11.7 Å². The minimum atomic E-state index is -0.0888. The molecule has 1 aliphatic rings. The van der Waals surface area contributed by atoms with E-state index in [1.54, 1.807) is 0 Å². The largest absolute Gasteiger partial charge is 0.361 e. The number of piperazine rings is 1. The van der Waals surface area contributed by atoms with Gasteiger partial charge in [-0.2, -0.15) is 4.98 Å². The number of aromatic nitrogens is 3. The fraction of sp³-hybridized carbons (Fsp3) is 0.722. The van der Waals surface area contributed by atoms with Crippen molar-refractivity contribution >= 4 is 0 Å². The first kappa shape index (κ1) is 18.1. The van der Waals surface area contributed by atoms with Gasteiger partial charge in [-0.25, -0.2) is 0 Å². The van der Waals surface area contributed by atoms with E-state index in [-0.39, 0.29) is 11.5 Å². The summed E-state index contributed by atoms with van der Waals surface area (Å²) in [6.45, 7) is 17.3. The molecule has 2 aromatic heterocycles. The highest BCUT2D eigenvalue weighted by molar-refractivity contribution is 5.20. The Bertz CT molecular complexity index is 688. The van der Waals surface area contributed by atoms with Crippen LogP contribution in [0.5, 0.6) is 0 Å². The van der Waals surface area contributed by atoms with E-state index in [1.807, 2.05) is 13.8 Å². The normalized spacial score (nSPS) is 18.6. The van der Waals surface area contributed by atoms with Crippen LogP contribution >= 0.6 is 0 Å². The molecule has 0 bridgehead atoms. The molecule has 2 aromatic rings. The summed E-state index contributed by atoms with van der Waals surface area (Å²) in [6, 6.07) is 0.143. The fourth-order valence-electron chi connectivity index (χ4n) is 3.13. The second-order valence-electron chi connectivity index (χ2n) is 8.00. The predicted molar refractivity (Wildman–Crippen MR) is 94.2 cm³/mol. The molecule has 1 atom stereocenters. The molecule has 7 heteroatoms. The monoisotopic (exact) mass is 347 g/mol. The Hall–Kier alpha value is -1.73. The summed E-state index contributed by atoms with van der Waals surface area (Å²) >= 11 is 0. The first-order chi connectivity index (χ1) is 11.8. The molecule has 0 saturated carbocycles. The summed E-state index contributed by atoms with van der Waals surface area (Å²) in [4.78, 5) is 9.46. The number of hydrogen-bond donors (Lipinski definition) is 0. The lowest BCUT2D eigenvalue weighted by molar-refractivity contribution is 0.0842. The van der Waals surface area contributed by atoms with Crippen molar-refractivity contribution in [3.8, 4) is 0 Å². The maximum atomic E-state index is 5.51. The lowest BCUT2D eigenvalue weighted by Gasteiger charge is -2.36. The number of aryl methyl sites for hydroxylation is 2. The molecule has 1 aliphatic heterocycles. The molecular weight excluding hydrogens is 318 g/mol. The molecule has 0 aromatic carbocycles. The van der Waals surface area contributed by atoms with Gasteiger partial charge in [0.2, 0.25) is 5.89 Å². The van der Waals surface area contributed by atoms with Crippen molar-refractivity contribution in [2.75, 3.05) is 26.2 Å². The Morgan fingerprint density at radius 3 is 2.24 bits per heavy atom. The van der Waals surface area contributed by atoms with Gasteiger partial charge in [-0.15, -0.1) is 0 Å². The lowest BCUT2D eigenvalue weighted by Crippen LogP contribution is -2.46. The molecule has 0 spiro atoms. The summed E-state index contributed by atoms with van der Waals surface area (Å²) in [5.74, 6) is 2.41. The van der Waals surface area contributed by atoms with Crippen molar-refractivity contribution in [1.29, 1.82) is 0 Å². The quantitative estimate of drug-likeness (QED) is 0.842. The Morgan fingerprint density at radius 1 is 1.04 bits per heavy atom. The molecule has 0 radical (unpaired) electrons. The Balaban J connectivity index is 1.57. The topological polar surface area (TPSA) is 71.4 Å². The Kier molecular flexibility index (Phi) is 4.97. The molecule has 1 saturated heterocycles. The third-order valence-corrected chi connectivity index (χ3v) is 4.99. The lowest BCUT2D eigenvalue weighted by atomic mass is 9.96. The highest BCUT2D eigenvalue weighted by atomic mass is 16.5. The van der Waals surface area contributed by atoms with Crippen molar-refractivity contribution in [2.24, 2.45) is 0 Å². The Morgan fingerprint density at radius 2 is 1.72 bits per heavy atom. The van der Waals surface area contributed by atoms with Gasteiger partial charge in [0.15, 0.2) is 5.82 Å². The van der Waals surface area contributed by atoms with Crippen LogP contribution in [0.1, 0.15) is 62.5 Å². The van der Waals surface area contributed by atoms with Crippen molar-refractivity contribution in [2.45, 2.75) is 59.5 Å². The van der Waals surface area contributed by atoms with Crippen LogP contribution in [0.4, 0.5) is 0 Å². The molecule has 0 aliphatic carbocycles. The highest BCUT2D eigenvalue weighted by Crippen LogP contribution is 2.25. The van der Waals surface area contributed by atoms with Crippen molar-refractivity contribution in [3.05, 3.63) is 28.7 Å². The zero-order chi connectivity index (χ0) is 18.2. The van der Waals surface area contributed by atoms with Crippen LogP contribution < -0.4 is 0 Å². The van der Waals surface area contributed by atoms with Crippen LogP contribution in [0.3, 0.4) is 0 Å². The zero-order valence-corrected chi connectivity index (χ0v) is 16.2. The maximum absolute atomic E-state index is 5.51. The maximum Gasteiger partial charge on any atom is 0.243 e. The molecule has 138 valence electrons. The van der Waals surface area contributed by atoms with E-state index in [0.29, 0.717) is 5.89 Å². The third kappa shape index (κ3) is 3.93. The van der Waals surface area contributed by atoms with Gasteiger partial charge in [0, 0.05) is 43.7 Å². The Labute approximate surface area is 149 Å². The van der Waals surface area contributed by atoms with E-state index >= 15 is 0 Å². The van der Waals surface area contributed by atoms with E-state index < -0.39 is 0 Å². The molecule has 0 N–H and O–H groups in total. The third-order valence-electron chi connectivity index (χ3n) is 4.99. The molecular formula is C18H29N5O2. The van der Waals surface area contributed by atoms with Gasteiger partial charge in [0.1, 0.15) is 5.76 Å². The standard InChI is InChI=1S/C18H29N5O2/c1-12-15(14(3)24-20-12)11-22-7-9-23(10-8-22)13(2)16-19-17(21-25-16)18(4,5)6/h13H,7-11H2,1-6H3. The van der Waals surface area contributed by atoms with Gasteiger partial charge in [0.25, 0.3) is 0 Å². The number of nitrogens with zero attached hydrogens (tertiary/aromatic N) is 5. The first-order valence-electron chi connectivity index (χ1n) is 8.98. The van der Waals surface area contributed by atoms with Crippen LogP contribution in [0.15, 0.2) is 9.05 Å². The van der Waals surface area contributed by atoms with E-state index in [0.717, 1.165) is 50.0 Å². The van der Waals surface area contributed by atoms with Crippen LogP contribution in [-0.4, -0.2) is 51.3 Å². The van der Waals surface area contributed by atoms with Crippen LogP contribution in [-0.2, 0) is 12.0 Å². The molecule has 3 rings (SSSR count). The predicted octanol–water partition coefficient (Wildman–Crippen LogP) is 2.85. The molecule has 1 unspecified atom stereocenters. The molecule has 1 fully saturated rings. The molecule has 3 heterocycles. The van der Waals surface area contributed by atoms with E-state index in [2.05, 4.69) is 52.8 Å². The minimum absolute atomic E-state index is 0.0888. The van der Waals surface area contributed by atoms with Crippen LogP contribution in [0, 0.1) is 13.8 Å². The van der Waals surface area contributed by atoms with Gasteiger partial charge >= 0.3 is 0 Å². The average molecular weight is 347 g/mol. The summed E-state index contributed by atoms with van der Waals surface area (Å²) < 4.78 is 10.8. The summed E-state index contributed by atoms with van der Waals surface area (Å²) in [5, 5.41) is 8.19. The molecule has 25 heavy (non-hydrogen) atoms. The number of rotatable bonds is 4. The molecule has 7 nitrogen and oxygen atoms in total. The van der Waals surface area contributed by atoms with E-state index in [9.17, 15) is 0 Å². The van der Waals surface area contributed by atoms with Crippen molar-refractivity contribution in [3.63, 3.8) is 0 Å². The SMILES string of the molecule is Cc1noc(C)c1CN1CCN(C(C)c2nc(C(C)(C)C)no2)CC1.